The molecule has 1 aromatic rings. The molecule has 0 spiro atoms. The summed E-state index contributed by atoms with van der Waals surface area (Å²) in [6.07, 6.45) is 1.66. The van der Waals surface area contributed by atoms with Gasteiger partial charge in [0.25, 0.3) is 0 Å². The third-order valence-electron chi connectivity index (χ3n) is 2.48. The van der Waals surface area contributed by atoms with Gasteiger partial charge < -0.3 is 16.0 Å². The molecule has 1 heterocycles. The highest BCUT2D eigenvalue weighted by molar-refractivity contribution is 9.10. The molecule has 0 amide bonds. The number of halogens is 1. The largest absolute Gasteiger partial charge is 0.397 e. The van der Waals surface area contributed by atoms with Crippen molar-refractivity contribution in [1.82, 2.24) is 9.88 Å². The van der Waals surface area contributed by atoms with Crippen molar-refractivity contribution in [2.45, 2.75) is 13.8 Å². The Bertz CT molecular complexity index is 326. The molecule has 16 heavy (non-hydrogen) atoms. The van der Waals surface area contributed by atoms with Gasteiger partial charge in [0.05, 0.1) is 16.4 Å². The maximum atomic E-state index is 5.62. The van der Waals surface area contributed by atoms with E-state index >= 15 is 0 Å². The monoisotopic (exact) mass is 286 g/mol. The lowest BCUT2D eigenvalue weighted by Gasteiger charge is -2.18. The fraction of sp³-hybridized carbons (Fsp3) is 0.545. The van der Waals surface area contributed by atoms with E-state index in [0.29, 0.717) is 5.69 Å². The maximum absolute atomic E-state index is 5.62. The Kier molecular flexibility index (Phi) is 5.55. The van der Waals surface area contributed by atoms with Gasteiger partial charge in [0, 0.05) is 13.1 Å². The molecule has 0 saturated heterocycles. The van der Waals surface area contributed by atoms with E-state index in [1.54, 1.807) is 6.20 Å². The van der Waals surface area contributed by atoms with Crippen LogP contribution in [0.15, 0.2) is 16.7 Å². The molecule has 0 radical (unpaired) electrons. The van der Waals surface area contributed by atoms with Crippen LogP contribution in [0.1, 0.15) is 13.8 Å². The fourth-order valence-corrected chi connectivity index (χ4v) is 1.96. The molecular weight excluding hydrogens is 268 g/mol. The number of pyridine rings is 1. The Labute approximate surface area is 105 Å². The topological polar surface area (TPSA) is 54.2 Å². The van der Waals surface area contributed by atoms with Crippen molar-refractivity contribution < 1.29 is 0 Å². The zero-order valence-electron chi connectivity index (χ0n) is 9.83. The average Bonchev–Trinajstić information content (AvgIpc) is 2.27. The number of nitrogens with one attached hydrogen (secondary N) is 1. The highest BCUT2D eigenvalue weighted by atomic mass is 79.9. The molecule has 4 nitrogen and oxygen atoms in total. The Hall–Kier alpha value is -0.810. The molecule has 0 aliphatic heterocycles. The molecule has 1 rings (SSSR count). The summed E-state index contributed by atoms with van der Waals surface area (Å²) in [6, 6.07) is 1.85. The first kappa shape index (κ1) is 13.3. The van der Waals surface area contributed by atoms with Crippen LogP contribution in [0.25, 0.3) is 0 Å². The summed E-state index contributed by atoms with van der Waals surface area (Å²) in [6.45, 7) is 8.40. The molecule has 0 aliphatic rings. The Morgan fingerprint density at radius 1 is 1.44 bits per heavy atom. The number of hydrogen-bond acceptors (Lipinski definition) is 4. The van der Waals surface area contributed by atoms with Crippen LogP contribution in [0.3, 0.4) is 0 Å². The van der Waals surface area contributed by atoms with Crippen LogP contribution in [0, 0.1) is 0 Å². The Balaban J connectivity index is 2.42. The van der Waals surface area contributed by atoms with Gasteiger partial charge in [0.1, 0.15) is 5.82 Å². The van der Waals surface area contributed by atoms with E-state index in [1.165, 1.54) is 0 Å². The van der Waals surface area contributed by atoms with Crippen LogP contribution in [-0.2, 0) is 0 Å². The van der Waals surface area contributed by atoms with E-state index in [1.807, 2.05) is 6.07 Å². The van der Waals surface area contributed by atoms with E-state index in [0.717, 1.165) is 36.5 Å². The summed E-state index contributed by atoms with van der Waals surface area (Å²) < 4.78 is 0.909. The van der Waals surface area contributed by atoms with Crippen molar-refractivity contribution >= 4 is 27.4 Å². The number of hydrogen-bond donors (Lipinski definition) is 2. The van der Waals surface area contributed by atoms with Gasteiger partial charge in [0.2, 0.25) is 0 Å². The quantitative estimate of drug-likeness (QED) is 0.842. The van der Waals surface area contributed by atoms with Crippen molar-refractivity contribution in [2.75, 3.05) is 37.2 Å². The second-order valence-electron chi connectivity index (χ2n) is 3.55. The van der Waals surface area contributed by atoms with Gasteiger partial charge in [0.15, 0.2) is 0 Å². The van der Waals surface area contributed by atoms with Crippen molar-refractivity contribution in [2.24, 2.45) is 0 Å². The maximum Gasteiger partial charge on any atom is 0.140 e. The van der Waals surface area contributed by atoms with Crippen molar-refractivity contribution in [1.29, 1.82) is 0 Å². The second kappa shape index (κ2) is 6.70. The van der Waals surface area contributed by atoms with Gasteiger partial charge in [-0.05, 0) is 35.1 Å². The van der Waals surface area contributed by atoms with Gasteiger partial charge in [-0.25, -0.2) is 4.98 Å². The number of nitrogens with zero attached hydrogens (tertiary/aromatic N) is 2. The third-order valence-corrected chi connectivity index (χ3v) is 3.08. The average molecular weight is 287 g/mol. The number of rotatable bonds is 6. The second-order valence-corrected chi connectivity index (χ2v) is 4.41. The van der Waals surface area contributed by atoms with Crippen molar-refractivity contribution in [3.05, 3.63) is 16.7 Å². The summed E-state index contributed by atoms with van der Waals surface area (Å²) >= 11 is 3.43. The normalized spacial score (nSPS) is 10.8. The van der Waals surface area contributed by atoms with Crippen LogP contribution >= 0.6 is 15.9 Å². The highest BCUT2D eigenvalue weighted by Crippen LogP contribution is 2.21. The Morgan fingerprint density at radius 2 is 2.12 bits per heavy atom. The van der Waals surface area contributed by atoms with Crippen LogP contribution in [-0.4, -0.2) is 36.1 Å². The number of anilines is 2. The van der Waals surface area contributed by atoms with Crippen LogP contribution in [0.5, 0.6) is 0 Å². The van der Waals surface area contributed by atoms with E-state index in [-0.39, 0.29) is 0 Å². The number of aromatic nitrogens is 1. The van der Waals surface area contributed by atoms with Crippen molar-refractivity contribution in [3.8, 4) is 0 Å². The predicted molar refractivity (Wildman–Crippen MR) is 72.6 cm³/mol. The van der Waals surface area contributed by atoms with Gasteiger partial charge in [-0.3, -0.25) is 0 Å². The minimum Gasteiger partial charge on any atom is -0.397 e. The molecule has 0 atom stereocenters. The van der Waals surface area contributed by atoms with Gasteiger partial charge in [-0.15, -0.1) is 0 Å². The first-order valence-corrected chi connectivity index (χ1v) is 6.33. The highest BCUT2D eigenvalue weighted by Gasteiger charge is 2.02. The summed E-state index contributed by atoms with van der Waals surface area (Å²) in [4.78, 5) is 6.58. The van der Waals surface area contributed by atoms with Crippen molar-refractivity contribution in [3.63, 3.8) is 0 Å². The zero-order chi connectivity index (χ0) is 12.0. The lowest BCUT2D eigenvalue weighted by atomic mass is 10.4. The summed E-state index contributed by atoms with van der Waals surface area (Å²) in [5.41, 5.74) is 6.29. The summed E-state index contributed by atoms with van der Waals surface area (Å²) in [5, 5.41) is 3.28. The summed E-state index contributed by atoms with van der Waals surface area (Å²) in [5.74, 6) is 0.848. The first-order chi connectivity index (χ1) is 7.67. The minimum absolute atomic E-state index is 0.668. The predicted octanol–water partition coefficient (Wildman–Crippen LogP) is 2.18. The number of likely N-dealkylation sites (N-methyl/N-ethyl adjacent to an activating group) is 1. The first-order valence-electron chi connectivity index (χ1n) is 5.54. The molecule has 1 aromatic heterocycles. The van der Waals surface area contributed by atoms with Crippen LogP contribution in [0.2, 0.25) is 0 Å². The minimum atomic E-state index is 0.668. The smallest absolute Gasteiger partial charge is 0.140 e. The zero-order valence-corrected chi connectivity index (χ0v) is 11.4. The summed E-state index contributed by atoms with van der Waals surface area (Å²) in [7, 11) is 0. The van der Waals surface area contributed by atoms with Gasteiger partial charge >= 0.3 is 0 Å². The van der Waals surface area contributed by atoms with Crippen LogP contribution < -0.4 is 11.1 Å². The Morgan fingerprint density at radius 3 is 2.69 bits per heavy atom. The van der Waals surface area contributed by atoms with Gasteiger partial charge in [-0.2, -0.15) is 0 Å². The molecular formula is C11H19BrN4. The number of nitrogens with two attached hydrogens (primary N) is 1. The lowest BCUT2D eigenvalue weighted by molar-refractivity contribution is 0.316. The molecule has 0 saturated carbocycles. The molecule has 90 valence electrons. The van der Waals surface area contributed by atoms with Crippen LogP contribution in [0.4, 0.5) is 11.5 Å². The number of nitrogen functional groups attached to an aromatic ring is 1. The molecule has 0 fully saturated rings. The van der Waals surface area contributed by atoms with E-state index in [2.05, 4.69) is 45.0 Å². The molecule has 3 N–H and O–H groups in total. The molecule has 0 unspecified atom stereocenters. The SMILES string of the molecule is CCN(CC)CCNc1ncc(N)cc1Br. The standard InChI is InChI=1S/C11H19BrN4/c1-3-16(4-2)6-5-14-11-10(12)7-9(13)8-15-11/h7-8H,3-6,13H2,1-2H3,(H,14,15). The van der Waals surface area contributed by atoms with E-state index in [9.17, 15) is 0 Å². The lowest BCUT2D eigenvalue weighted by Crippen LogP contribution is -2.28. The fourth-order valence-electron chi connectivity index (χ4n) is 1.46. The molecule has 0 bridgehead atoms. The molecule has 0 aliphatic carbocycles. The van der Waals surface area contributed by atoms with E-state index < -0.39 is 0 Å². The third kappa shape index (κ3) is 3.98. The van der Waals surface area contributed by atoms with E-state index in [4.69, 9.17) is 5.73 Å². The van der Waals surface area contributed by atoms with Gasteiger partial charge in [-0.1, -0.05) is 13.8 Å². The molecule has 5 heteroatoms. The molecule has 0 aromatic carbocycles.